The molecule has 0 saturated heterocycles. The van der Waals surface area contributed by atoms with Gasteiger partial charge in [-0.25, -0.2) is 0 Å². The lowest BCUT2D eigenvalue weighted by molar-refractivity contribution is 0.338. The molecule has 0 aliphatic heterocycles. The smallest absolute Gasteiger partial charge is 0.137 e. The van der Waals surface area contributed by atoms with Crippen LogP contribution in [0.4, 0.5) is 0 Å². The molecule has 0 amide bonds. The first kappa shape index (κ1) is 12.6. The number of ether oxygens (including phenoxy) is 1. The number of aromatic nitrogens is 3. The standard InChI is InChI=1S/C13H18N4O/c1-4-18-12-5-10(6-15-8-12)13(14-2)11-7-16-17(3)9-11/h5-9,13-14H,4H2,1-3H3. The lowest BCUT2D eigenvalue weighted by Crippen LogP contribution is -2.17. The molecule has 0 bridgehead atoms. The summed E-state index contributed by atoms with van der Waals surface area (Å²) in [6.45, 7) is 2.60. The summed E-state index contributed by atoms with van der Waals surface area (Å²) in [6.07, 6.45) is 7.42. The first-order valence-electron chi connectivity index (χ1n) is 5.98. The molecular formula is C13H18N4O. The van der Waals surface area contributed by atoms with Crippen molar-refractivity contribution in [3.05, 3.63) is 42.0 Å². The van der Waals surface area contributed by atoms with Crippen LogP contribution in [0.2, 0.25) is 0 Å². The molecule has 2 aromatic heterocycles. The van der Waals surface area contributed by atoms with E-state index in [9.17, 15) is 0 Å². The number of rotatable bonds is 5. The minimum Gasteiger partial charge on any atom is -0.492 e. The second kappa shape index (κ2) is 5.64. The van der Waals surface area contributed by atoms with Gasteiger partial charge < -0.3 is 10.1 Å². The fraction of sp³-hybridized carbons (Fsp3) is 0.385. The van der Waals surface area contributed by atoms with Gasteiger partial charge in [0, 0.05) is 25.0 Å². The second-order valence-corrected chi connectivity index (χ2v) is 4.06. The van der Waals surface area contributed by atoms with Gasteiger partial charge in [-0.3, -0.25) is 9.67 Å². The molecule has 1 unspecified atom stereocenters. The van der Waals surface area contributed by atoms with Crippen LogP contribution in [0.3, 0.4) is 0 Å². The molecule has 1 N–H and O–H groups in total. The quantitative estimate of drug-likeness (QED) is 0.869. The molecule has 96 valence electrons. The van der Waals surface area contributed by atoms with E-state index in [4.69, 9.17) is 4.74 Å². The van der Waals surface area contributed by atoms with Crippen molar-refractivity contribution in [2.75, 3.05) is 13.7 Å². The fourth-order valence-electron chi connectivity index (χ4n) is 1.95. The zero-order valence-electron chi connectivity index (χ0n) is 10.9. The van der Waals surface area contributed by atoms with Crippen molar-refractivity contribution in [1.29, 1.82) is 0 Å². The predicted molar refractivity (Wildman–Crippen MR) is 69.5 cm³/mol. The van der Waals surface area contributed by atoms with Crippen molar-refractivity contribution in [1.82, 2.24) is 20.1 Å². The average molecular weight is 246 g/mol. The number of hydrogen-bond acceptors (Lipinski definition) is 4. The molecule has 0 fully saturated rings. The third-order valence-electron chi connectivity index (χ3n) is 2.73. The van der Waals surface area contributed by atoms with Crippen molar-refractivity contribution in [2.45, 2.75) is 13.0 Å². The van der Waals surface area contributed by atoms with Gasteiger partial charge in [-0.05, 0) is 25.6 Å². The second-order valence-electron chi connectivity index (χ2n) is 4.06. The highest BCUT2D eigenvalue weighted by molar-refractivity contribution is 5.32. The van der Waals surface area contributed by atoms with Crippen LogP contribution in [0.1, 0.15) is 24.1 Å². The number of hydrogen-bond donors (Lipinski definition) is 1. The van der Waals surface area contributed by atoms with Gasteiger partial charge in [0.05, 0.1) is 25.0 Å². The van der Waals surface area contributed by atoms with Gasteiger partial charge in [0.15, 0.2) is 0 Å². The zero-order chi connectivity index (χ0) is 13.0. The van der Waals surface area contributed by atoms with Crippen LogP contribution in [-0.4, -0.2) is 28.4 Å². The molecular weight excluding hydrogens is 228 g/mol. The van der Waals surface area contributed by atoms with Crippen molar-refractivity contribution < 1.29 is 4.74 Å². The molecule has 0 aliphatic rings. The zero-order valence-corrected chi connectivity index (χ0v) is 10.9. The third kappa shape index (κ3) is 2.68. The Morgan fingerprint density at radius 2 is 2.17 bits per heavy atom. The van der Waals surface area contributed by atoms with E-state index in [0.717, 1.165) is 16.9 Å². The Bertz CT molecular complexity index is 509. The Kier molecular flexibility index (Phi) is 3.94. The van der Waals surface area contributed by atoms with E-state index >= 15 is 0 Å². The largest absolute Gasteiger partial charge is 0.492 e. The molecule has 0 aliphatic carbocycles. The normalized spacial score (nSPS) is 12.4. The minimum absolute atomic E-state index is 0.0756. The number of nitrogens with zero attached hydrogens (tertiary/aromatic N) is 3. The van der Waals surface area contributed by atoms with Gasteiger partial charge in [-0.1, -0.05) is 0 Å². The molecule has 2 rings (SSSR count). The highest BCUT2D eigenvalue weighted by Gasteiger charge is 2.14. The van der Waals surface area contributed by atoms with E-state index in [0.29, 0.717) is 6.61 Å². The van der Waals surface area contributed by atoms with Crippen LogP contribution in [0.25, 0.3) is 0 Å². The Balaban J connectivity index is 2.29. The molecule has 5 nitrogen and oxygen atoms in total. The summed E-state index contributed by atoms with van der Waals surface area (Å²) in [4.78, 5) is 4.21. The summed E-state index contributed by atoms with van der Waals surface area (Å²) in [5, 5.41) is 7.46. The molecule has 1 atom stereocenters. The van der Waals surface area contributed by atoms with Gasteiger partial charge in [0.1, 0.15) is 5.75 Å². The van der Waals surface area contributed by atoms with E-state index in [1.807, 2.05) is 45.7 Å². The van der Waals surface area contributed by atoms with Crippen LogP contribution in [0.15, 0.2) is 30.9 Å². The van der Waals surface area contributed by atoms with Crippen LogP contribution in [0, 0.1) is 0 Å². The van der Waals surface area contributed by atoms with Gasteiger partial charge in [0.25, 0.3) is 0 Å². The summed E-state index contributed by atoms with van der Waals surface area (Å²) >= 11 is 0. The number of nitrogens with one attached hydrogen (secondary N) is 1. The Hall–Kier alpha value is -1.88. The molecule has 0 aromatic carbocycles. The maximum Gasteiger partial charge on any atom is 0.137 e. The van der Waals surface area contributed by atoms with Crippen LogP contribution < -0.4 is 10.1 Å². The predicted octanol–water partition coefficient (Wildman–Crippen LogP) is 1.52. The summed E-state index contributed by atoms with van der Waals surface area (Å²) in [7, 11) is 3.83. The molecule has 0 radical (unpaired) electrons. The monoisotopic (exact) mass is 246 g/mol. The van der Waals surface area contributed by atoms with E-state index in [2.05, 4.69) is 15.4 Å². The molecule has 5 heteroatoms. The van der Waals surface area contributed by atoms with Gasteiger partial charge >= 0.3 is 0 Å². The summed E-state index contributed by atoms with van der Waals surface area (Å²) in [5.74, 6) is 0.791. The maximum absolute atomic E-state index is 5.47. The number of pyridine rings is 1. The molecule has 0 saturated carbocycles. The molecule has 18 heavy (non-hydrogen) atoms. The average Bonchev–Trinajstić information content (AvgIpc) is 2.78. The van der Waals surface area contributed by atoms with Crippen LogP contribution in [-0.2, 0) is 7.05 Å². The van der Waals surface area contributed by atoms with E-state index in [1.54, 1.807) is 10.9 Å². The molecule has 2 aromatic rings. The van der Waals surface area contributed by atoms with Gasteiger partial charge in [-0.15, -0.1) is 0 Å². The van der Waals surface area contributed by atoms with Gasteiger partial charge in [-0.2, -0.15) is 5.10 Å². The first-order chi connectivity index (χ1) is 8.74. The lowest BCUT2D eigenvalue weighted by atomic mass is 10.0. The van der Waals surface area contributed by atoms with Crippen molar-refractivity contribution in [3.63, 3.8) is 0 Å². The highest BCUT2D eigenvalue weighted by Crippen LogP contribution is 2.23. The van der Waals surface area contributed by atoms with Crippen LogP contribution >= 0.6 is 0 Å². The Morgan fingerprint density at radius 3 is 2.78 bits per heavy atom. The highest BCUT2D eigenvalue weighted by atomic mass is 16.5. The lowest BCUT2D eigenvalue weighted by Gasteiger charge is -2.15. The summed E-state index contributed by atoms with van der Waals surface area (Å²) in [5.41, 5.74) is 2.17. The van der Waals surface area contributed by atoms with Crippen molar-refractivity contribution in [2.24, 2.45) is 7.05 Å². The Labute approximate surface area is 107 Å². The Morgan fingerprint density at radius 1 is 1.33 bits per heavy atom. The van der Waals surface area contributed by atoms with Crippen LogP contribution in [0.5, 0.6) is 5.75 Å². The number of aryl methyl sites for hydroxylation is 1. The van der Waals surface area contributed by atoms with Gasteiger partial charge in [0.2, 0.25) is 0 Å². The fourth-order valence-corrected chi connectivity index (χ4v) is 1.95. The summed E-state index contributed by atoms with van der Waals surface area (Å²) < 4.78 is 7.26. The molecule has 2 heterocycles. The maximum atomic E-state index is 5.47. The minimum atomic E-state index is 0.0756. The van der Waals surface area contributed by atoms with Crippen molar-refractivity contribution in [3.8, 4) is 5.75 Å². The SMILES string of the molecule is CCOc1cncc(C(NC)c2cnn(C)c2)c1. The van der Waals surface area contributed by atoms with E-state index in [1.165, 1.54) is 0 Å². The molecule has 0 spiro atoms. The first-order valence-corrected chi connectivity index (χ1v) is 5.98. The van der Waals surface area contributed by atoms with E-state index < -0.39 is 0 Å². The summed E-state index contributed by atoms with van der Waals surface area (Å²) in [6, 6.07) is 2.08. The van der Waals surface area contributed by atoms with Crippen molar-refractivity contribution >= 4 is 0 Å². The van der Waals surface area contributed by atoms with E-state index in [-0.39, 0.29) is 6.04 Å². The topological polar surface area (TPSA) is 52.0 Å². The third-order valence-corrected chi connectivity index (χ3v) is 2.73.